The van der Waals surface area contributed by atoms with Gasteiger partial charge in [-0.3, -0.25) is 0 Å². The Kier molecular flexibility index (Phi) is 1.69. The van der Waals surface area contributed by atoms with Gasteiger partial charge >= 0.3 is 0 Å². The van der Waals surface area contributed by atoms with Gasteiger partial charge in [0.1, 0.15) is 0 Å². The van der Waals surface area contributed by atoms with E-state index in [-0.39, 0.29) is 12.8 Å². The fourth-order valence-electron chi connectivity index (χ4n) is 2.63. The van der Waals surface area contributed by atoms with Crippen LogP contribution in [0.2, 0.25) is 0 Å². The highest BCUT2D eigenvalue weighted by atomic mass is 19.3. The molecule has 0 aromatic heterocycles. The number of fused-ring (bicyclic) bond motifs is 2. The van der Waals surface area contributed by atoms with Crippen LogP contribution in [0.1, 0.15) is 19.3 Å². The van der Waals surface area contributed by atoms with Crippen molar-refractivity contribution in [2.45, 2.75) is 37.2 Å². The van der Waals surface area contributed by atoms with Crippen LogP contribution in [0, 0.1) is 11.8 Å². The topological polar surface area (TPSA) is 20.2 Å². The molecular weight excluding hydrogens is 188 g/mol. The van der Waals surface area contributed by atoms with E-state index >= 15 is 0 Å². The largest absolute Gasteiger partial charge is 0.378 e. The van der Waals surface area contributed by atoms with Crippen LogP contribution in [0.25, 0.3) is 0 Å². The SMILES string of the molecule is OC1(C(F)F)C2CCC(C2)C1(F)F. The van der Waals surface area contributed by atoms with Gasteiger partial charge in [0, 0.05) is 5.92 Å². The van der Waals surface area contributed by atoms with E-state index in [9.17, 15) is 22.7 Å². The molecule has 0 spiro atoms. The van der Waals surface area contributed by atoms with Crippen molar-refractivity contribution in [2.24, 2.45) is 11.8 Å². The lowest BCUT2D eigenvalue weighted by Crippen LogP contribution is -2.57. The first kappa shape index (κ1) is 9.24. The molecule has 13 heavy (non-hydrogen) atoms. The Balaban J connectivity index is 2.38. The Morgan fingerprint density at radius 3 is 2.00 bits per heavy atom. The van der Waals surface area contributed by atoms with E-state index < -0.39 is 29.8 Å². The van der Waals surface area contributed by atoms with Crippen LogP contribution in [-0.4, -0.2) is 23.1 Å². The Labute approximate surface area is 72.7 Å². The van der Waals surface area contributed by atoms with E-state index in [4.69, 9.17) is 0 Å². The molecule has 2 fully saturated rings. The lowest BCUT2D eigenvalue weighted by molar-refractivity contribution is -0.259. The van der Waals surface area contributed by atoms with Crippen molar-refractivity contribution < 1.29 is 22.7 Å². The van der Waals surface area contributed by atoms with Crippen molar-refractivity contribution in [1.82, 2.24) is 0 Å². The molecule has 3 atom stereocenters. The zero-order valence-electron chi connectivity index (χ0n) is 6.81. The van der Waals surface area contributed by atoms with Crippen molar-refractivity contribution >= 4 is 0 Å². The summed E-state index contributed by atoms with van der Waals surface area (Å²) in [6, 6.07) is 0. The molecule has 0 heterocycles. The van der Waals surface area contributed by atoms with E-state index in [1.807, 2.05) is 0 Å². The third-order valence-electron chi connectivity index (χ3n) is 3.43. The van der Waals surface area contributed by atoms with Crippen LogP contribution in [-0.2, 0) is 0 Å². The highest BCUT2D eigenvalue weighted by molar-refractivity contribution is 5.13. The predicted molar refractivity (Wildman–Crippen MR) is 36.7 cm³/mol. The van der Waals surface area contributed by atoms with E-state index in [2.05, 4.69) is 0 Å². The van der Waals surface area contributed by atoms with Gasteiger partial charge in [0.05, 0.1) is 0 Å². The van der Waals surface area contributed by atoms with E-state index in [0.717, 1.165) is 0 Å². The number of alkyl halides is 4. The van der Waals surface area contributed by atoms with Gasteiger partial charge in [-0.05, 0) is 25.2 Å². The molecule has 2 rings (SSSR count). The Morgan fingerprint density at radius 2 is 1.69 bits per heavy atom. The molecule has 2 aliphatic rings. The minimum Gasteiger partial charge on any atom is -0.378 e. The van der Waals surface area contributed by atoms with Gasteiger partial charge in [-0.25, -0.2) is 17.6 Å². The summed E-state index contributed by atoms with van der Waals surface area (Å²) in [5.74, 6) is -5.58. The molecule has 2 saturated carbocycles. The van der Waals surface area contributed by atoms with E-state index in [1.165, 1.54) is 0 Å². The maximum atomic E-state index is 13.2. The average Bonchev–Trinajstić information content (AvgIpc) is 2.54. The summed E-state index contributed by atoms with van der Waals surface area (Å²) in [5, 5.41) is 9.29. The quantitative estimate of drug-likeness (QED) is 0.639. The van der Waals surface area contributed by atoms with E-state index in [0.29, 0.717) is 6.42 Å². The summed E-state index contributed by atoms with van der Waals surface area (Å²) in [4.78, 5) is 0. The van der Waals surface area contributed by atoms with Gasteiger partial charge in [0.15, 0.2) is 5.60 Å². The van der Waals surface area contributed by atoms with Crippen molar-refractivity contribution in [3.63, 3.8) is 0 Å². The minimum atomic E-state index is -3.61. The number of hydrogen-bond donors (Lipinski definition) is 1. The zero-order valence-corrected chi connectivity index (χ0v) is 6.81. The van der Waals surface area contributed by atoms with Crippen LogP contribution in [0.15, 0.2) is 0 Å². The normalized spacial score (nSPS) is 47.5. The van der Waals surface area contributed by atoms with Gasteiger partial charge < -0.3 is 5.11 Å². The molecule has 2 aliphatic carbocycles. The van der Waals surface area contributed by atoms with Crippen LogP contribution >= 0.6 is 0 Å². The molecule has 2 bridgehead atoms. The molecule has 1 N–H and O–H groups in total. The molecule has 0 aliphatic heterocycles. The minimum absolute atomic E-state index is 0.0356. The Morgan fingerprint density at radius 1 is 1.15 bits per heavy atom. The molecule has 3 unspecified atom stereocenters. The first-order chi connectivity index (χ1) is 5.90. The monoisotopic (exact) mass is 198 g/mol. The summed E-state index contributed by atoms with van der Waals surface area (Å²) >= 11 is 0. The fourth-order valence-corrected chi connectivity index (χ4v) is 2.63. The van der Waals surface area contributed by atoms with Crippen molar-refractivity contribution in [3.05, 3.63) is 0 Å². The predicted octanol–water partition coefficient (Wildman–Crippen LogP) is 2.05. The molecule has 76 valence electrons. The molecule has 0 radical (unpaired) electrons. The van der Waals surface area contributed by atoms with Crippen molar-refractivity contribution in [3.8, 4) is 0 Å². The molecule has 1 nitrogen and oxygen atoms in total. The van der Waals surface area contributed by atoms with Crippen molar-refractivity contribution in [2.75, 3.05) is 0 Å². The molecule has 0 amide bonds. The summed E-state index contributed by atoms with van der Waals surface area (Å²) in [7, 11) is 0. The molecular formula is C8H10F4O. The standard InChI is InChI=1S/C8H10F4O/c9-6(10)7(13)4-1-2-5(3-4)8(7,11)12/h4-6,13H,1-3H2. The number of hydrogen-bond acceptors (Lipinski definition) is 1. The zero-order chi connectivity index (χ0) is 9.85. The lowest BCUT2D eigenvalue weighted by Gasteiger charge is -2.38. The first-order valence-electron chi connectivity index (χ1n) is 4.29. The number of halogens is 4. The van der Waals surface area contributed by atoms with Gasteiger partial charge in [0.25, 0.3) is 12.3 Å². The van der Waals surface area contributed by atoms with Crippen LogP contribution < -0.4 is 0 Å². The summed E-state index contributed by atoms with van der Waals surface area (Å²) < 4.78 is 51.1. The van der Waals surface area contributed by atoms with E-state index in [1.54, 1.807) is 0 Å². The van der Waals surface area contributed by atoms with Gasteiger partial charge in [-0.15, -0.1) is 0 Å². The Bertz CT molecular complexity index is 230. The maximum Gasteiger partial charge on any atom is 0.284 e. The second kappa shape index (κ2) is 2.38. The van der Waals surface area contributed by atoms with Crippen LogP contribution in [0.3, 0.4) is 0 Å². The highest BCUT2D eigenvalue weighted by Crippen LogP contribution is 2.61. The molecule has 0 saturated heterocycles. The summed E-state index contributed by atoms with van der Waals surface area (Å²) in [6.45, 7) is 0. The van der Waals surface area contributed by atoms with Crippen LogP contribution in [0.4, 0.5) is 17.6 Å². The van der Waals surface area contributed by atoms with Crippen molar-refractivity contribution in [1.29, 1.82) is 0 Å². The summed E-state index contributed by atoms with van der Waals surface area (Å²) in [6.07, 6.45) is -2.76. The highest BCUT2D eigenvalue weighted by Gasteiger charge is 2.73. The van der Waals surface area contributed by atoms with Gasteiger partial charge in [0.2, 0.25) is 0 Å². The smallest absolute Gasteiger partial charge is 0.284 e. The molecule has 5 heteroatoms. The van der Waals surface area contributed by atoms with Gasteiger partial charge in [-0.1, -0.05) is 0 Å². The van der Waals surface area contributed by atoms with Gasteiger partial charge in [-0.2, -0.15) is 0 Å². The summed E-state index contributed by atoms with van der Waals surface area (Å²) in [5.41, 5.74) is -3.06. The fraction of sp³-hybridized carbons (Fsp3) is 1.00. The van der Waals surface area contributed by atoms with Crippen LogP contribution in [0.5, 0.6) is 0 Å². The second-order valence-electron chi connectivity index (χ2n) is 3.96. The third kappa shape index (κ3) is 0.860. The average molecular weight is 198 g/mol. The number of rotatable bonds is 1. The molecule has 0 aromatic carbocycles. The second-order valence-corrected chi connectivity index (χ2v) is 3.96. The molecule has 0 aromatic rings. The third-order valence-corrected chi connectivity index (χ3v) is 3.43. The lowest BCUT2D eigenvalue weighted by atomic mass is 9.81. The first-order valence-corrected chi connectivity index (χ1v) is 4.29. The number of aliphatic hydroxyl groups is 1. The maximum absolute atomic E-state index is 13.2. The Hall–Kier alpha value is -0.320.